The number of carboxylic acid groups (broad SMARTS) is 2. The summed E-state index contributed by atoms with van der Waals surface area (Å²) < 4.78 is 0. The van der Waals surface area contributed by atoms with Crippen LogP contribution in [-0.2, 0) is 9.59 Å². The van der Waals surface area contributed by atoms with Crippen molar-refractivity contribution >= 4 is 18.0 Å². The van der Waals surface area contributed by atoms with Gasteiger partial charge >= 0.3 is 18.0 Å². The van der Waals surface area contributed by atoms with E-state index in [1.807, 2.05) is 0 Å². The minimum absolute atomic E-state index is 0.0825. The van der Waals surface area contributed by atoms with E-state index < -0.39 is 29.6 Å². The molecule has 0 heterocycles. The molecule has 0 aliphatic rings. The van der Waals surface area contributed by atoms with Crippen molar-refractivity contribution in [3.05, 3.63) is 0 Å². The van der Waals surface area contributed by atoms with E-state index in [-0.39, 0.29) is 19.3 Å². The molecule has 7 nitrogen and oxygen atoms in total. The van der Waals surface area contributed by atoms with Crippen LogP contribution in [0.1, 0.15) is 40.0 Å². The molecule has 0 aromatic heterocycles. The number of hydrogen-bond donors (Lipinski definition) is 4. The number of rotatable bonds is 6. The van der Waals surface area contributed by atoms with Crippen LogP contribution in [0.4, 0.5) is 4.79 Å². The quantitative estimate of drug-likeness (QED) is 0.563. The zero-order valence-electron chi connectivity index (χ0n) is 10.8. The van der Waals surface area contributed by atoms with E-state index in [0.717, 1.165) is 0 Å². The van der Waals surface area contributed by atoms with Gasteiger partial charge in [0.1, 0.15) is 6.04 Å². The number of aliphatic carboxylic acids is 2. The predicted octanol–water partition coefficient (Wildman–Crippen LogP) is 0.792. The molecular weight excluding hydrogens is 240 g/mol. The fourth-order valence-corrected chi connectivity index (χ4v) is 1.25. The van der Waals surface area contributed by atoms with Crippen LogP contribution in [0.2, 0.25) is 0 Å². The van der Waals surface area contributed by atoms with E-state index >= 15 is 0 Å². The second-order valence-electron chi connectivity index (χ2n) is 5.03. The molecule has 0 radical (unpaired) electrons. The van der Waals surface area contributed by atoms with Crippen LogP contribution < -0.4 is 10.6 Å². The fourth-order valence-electron chi connectivity index (χ4n) is 1.25. The van der Waals surface area contributed by atoms with E-state index in [1.54, 1.807) is 20.8 Å². The first-order valence-corrected chi connectivity index (χ1v) is 5.65. The van der Waals surface area contributed by atoms with Crippen LogP contribution in [0.25, 0.3) is 0 Å². The zero-order chi connectivity index (χ0) is 14.3. The Balaban J connectivity index is 4.23. The number of carbonyl (C=O) groups is 3. The first-order chi connectivity index (χ1) is 8.11. The zero-order valence-corrected chi connectivity index (χ0v) is 10.8. The summed E-state index contributed by atoms with van der Waals surface area (Å²) in [5, 5.41) is 22.2. The Morgan fingerprint density at radius 2 is 1.72 bits per heavy atom. The normalized spacial score (nSPS) is 12.6. The highest BCUT2D eigenvalue weighted by Crippen LogP contribution is 2.03. The maximum atomic E-state index is 11.5. The summed E-state index contributed by atoms with van der Waals surface area (Å²) in [5.74, 6) is -2.16. The molecule has 0 aliphatic carbocycles. The van der Waals surface area contributed by atoms with Gasteiger partial charge in [0, 0.05) is 12.0 Å². The minimum atomic E-state index is -1.18. The van der Waals surface area contributed by atoms with Crippen molar-refractivity contribution in [2.24, 2.45) is 0 Å². The van der Waals surface area contributed by atoms with Crippen molar-refractivity contribution in [2.45, 2.75) is 51.6 Å². The molecule has 104 valence electrons. The number of hydrogen-bond acceptors (Lipinski definition) is 3. The van der Waals surface area contributed by atoms with Gasteiger partial charge in [-0.2, -0.15) is 0 Å². The summed E-state index contributed by atoms with van der Waals surface area (Å²) in [4.78, 5) is 32.7. The average Bonchev–Trinajstić information content (AvgIpc) is 2.12. The van der Waals surface area contributed by atoms with Gasteiger partial charge in [0.05, 0.1) is 0 Å². The third-order valence-corrected chi connectivity index (χ3v) is 1.98. The lowest BCUT2D eigenvalue weighted by atomic mass is 10.1. The lowest BCUT2D eigenvalue weighted by Crippen LogP contribution is -2.51. The lowest BCUT2D eigenvalue weighted by Gasteiger charge is -2.22. The molecule has 0 aromatic carbocycles. The van der Waals surface area contributed by atoms with Crippen LogP contribution in [0.3, 0.4) is 0 Å². The van der Waals surface area contributed by atoms with E-state index in [4.69, 9.17) is 10.2 Å². The van der Waals surface area contributed by atoms with Gasteiger partial charge in [-0.1, -0.05) is 0 Å². The Bertz CT molecular complexity index is 322. The standard InChI is InChI=1S/C11H20N2O5/c1-11(2,3)13-10(18)12-7(9(16)17)5-4-6-8(14)15/h7H,4-6H2,1-3H3,(H,14,15)(H,16,17)(H2,12,13,18). The highest BCUT2D eigenvalue weighted by atomic mass is 16.4. The molecule has 2 amide bonds. The van der Waals surface area contributed by atoms with E-state index in [2.05, 4.69) is 10.6 Å². The summed E-state index contributed by atoms with van der Waals surface area (Å²) in [6.45, 7) is 5.31. The smallest absolute Gasteiger partial charge is 0.326 e. The summed E-state index contributed by atoms with van der Waals surface area (Å²) >= 11 is 0. The van der Waals surface area contributed by atoms with Gasteiger partial charge in [-0.05, 0) is 33.6 Å². The van der Waals surface area contributed by atoms with E-state index in [0.29, 0.717) is 0 Å². The average molecular weight is 260 g/mol. The minimum Gasteiger partial charge on any atom is -0.481 e. The number of amides is 2. The monoisotopic (exact) mass is 260 g/mol. The highest BCUT2D eigenvalue weighted by Gasteiger charge is 2.22. The van der Waals surface area contributed by atoms with Crippen molar-refractivity contribution in [3.8, 4) is 0 Å². The van der Waals surface area contributed by atoms with Crippen molar-refractivity contribution in [2.75, 3.05) is 0 Å². The highest BCUT2D eigenvalue weighted by molar-refractivity contribution is 5.82. The van der Waals surface area contributed by atoms with Crippen molar-refractivity contribution in [3.63, 3.8) is 0 Å². The summed E-state index contributed by atoms with van der Waals surface area (Å²) in [6.07, 6.45) is 0.160. The topological polar surface area (TPSA) is 116 Å². The first kappa shape index (κ1) is 16.2. The maximum absolute atomic E-state index is 11.5. The number of carboxylic acids is 2. The van der Waals surface area contributed by atoms with Crippen LogP contribution in [0.15, 0.2) is 0 Å². The number of urea groups is 1. The number of carbonyl (C=O) groups excluding carboxylic acids is 1. The molecule has 0 fully saturated rings. The second kappa shape index (κ2) is 6.83. The third kappa shape index (κ3) is 8.37. The van der Waals surface area contributed by atoms with Crippen molar-refractivity contribution < 1.29 is 24.6 Å². The number of nitrogens with one attached hydrogen (secondary N) is 2. The molecule has 0 bridgehead atoms. The molecular formula is C11H20N2O5. The van der Waals surface area contributed by atoms with Gasteiger partial charge in [-0.25, -0.2) is 9.59 Å². The molecule has 0 rings (SSSR count). The SMILES string of the molecule is CC(C)(C)NC(=O)NC(CCCC(=O)O)C(=O)O. The van der Waals surface area contributed by atoms with Gasteiger partial charge in [-0.15, -0.1) is 0 Å². The molecule has 18 heavy (non-hydrogen) atoms. The largest absolute Gasteiger partial charge is 0.481 e. The molecule has 7 heteroatoms. The first-order valence-electron chi connectivity index (χ1n) is 5.65. The van der Waals surface area contributed by atoms with Crippen molar-refractivity contribution in [1.29, 1.82) is 0 Å². The lowest BCUT2D eigenvalue weighted by molar-refractivity contribution is -0.140. The van der Waals surface area contributed by atoms with Gasteiger partial charge in [0.2, 0.25) is 0 Å². The molecule has 0 saturated heterocycles. The molecule has 0 spiro atoms. The Hall–Kier alpha value is -1.79. The van der Waals surface area contributed by atoms with Gasteiger partial charge < -0.3 is 20.8 Å². The van der Waals surface area contributed by atoms with Crippen molar-refractivity contribution in [1.82, 2.24) is 10.6 Å². The Morgan fingerprint density at radius 1 is 1.17 bits per heavy atom. The summed E-state index contributed by atoms with van der Waals surface area (Å²) in [6, 6.07) is -1.66. The van der Waals surface area contributed by atoms with Gasteiger partial charge in [-0.3, -0.25) is 4.79 Å². The summed E-state index contributed by atoms with van der Waals surface area (Å²) in [5.41, 5.74) is -0.464. The molecule has 0 aliphatic heterocycles. The second-order valence-corrected chi connectivity index (χ2v) is 5.03. The van der Waals surface area contributed by atoms with E-state index in [9.17, 15) is 14.4 Å². The fraction of sp³-hybridized carbons (Fsp3) is 0.727. The Morgan fingerprint density at radius 3 is 2.11 bits per heavy atom. The third-order valence-electron chi connectivity index (χ3n) is 1.98. The molecule has 1 unspecified atom stereocenters. The van der Waals surface area contributed by atoms with Crippen LogP contribution in [0, 0.1) is 0 Å². The van der Waals surface area contributed by atoms with E-state index in [1.165, 1.54) is 0 Å². The maximum Gasteiger partial charge on any atom is 0.326 e. The van der Waals surface area contributed by atoms with Gasteiger partial charge in [0.25, 0.3) is 0 Å². The summed E-state index contributed by atoms with van der Waals surface area (Å²) in [7, 11) is 0. The molecule has 0 aromatic rings. The Kier molecular flexibility index (Phi) is 6.15. The predicted molar refractivity (Wildman–Crippen MR) is 64.3 cm³/mol. The van der Waals surface area contributed by atoms with Gasteiger partial charge in [0.15, 0.2) is 0 Å². The molecule has 0 saturated carbocycles. The van der Waals surface area contributed by atoms with Crippen LogP contribution in [-0.4, -0.2) is 39.8 Å². The van der Waals surface area contributed by atoms with Crippen LogP contribution in [0.5, 0.6) is 0 Å². The molecule has 1 atom stereocenters. The Labute approximate surface area is 106 Å². The molecule has 4 N–H and O–H groups in total. The van der Waals surface area contributed by atoms with Crippen LogP contribution >= 0.6 is 0 Å².